The summed E-state index contributed by atoms with van der Waals surface area (Å²) in [6.07, 6.45) is 26.7. The van der Waals surface area contributed by atoms with E-state index in [1.54, 1.807) is 0 Å². The van der Waals surface area contributed by atoms with Crippen LogP contribution < -0.4 is 4.57 Å². The summed E-state index contributed by atoms with van der Waals surface area (Å²) in [5.74, 6) is 0.644. The van der Waals surface area contributed by atoms with E-state index in [1.165, 1.54) is 55.8 Å². The molecular formula is C45H58N+. The van der Waals surface area contributed by atoms with Crippen molar-refractivity contribution in [1.29, 1.82) is 0 Å². The van der Waals surface area contributed by atoms with Gasteiger partial charge in [-0.1, -0.05) is 128 Å². The minimum atomic E-state index is 0.0884. The third-order valence-corrected chi connectivity index (χ3v) is 9.15. The molecule has 0 spiro atoms. The van der Waals surface area contributed by atoms with Gasteiger partial charge in [-0.2, -0.15) is 0 Å². The van der Waals surface area contributed by atoms with Crippen LogP contribution in [0.5, 0.6) is 0 Å². The van der Waals surface area contributed by atoms with Gasteiger partial charge in [-0.05, 0) is 114 Å². The lowest BCUT2D eigenvalue weighted by atomic mass is 9.84. The van der Waals surface area contributed by atoms with Crippen LogP contribution in [0.15, 0.2) is 126 Å². The van der Waals surface area contributed by atoms with Gasteiger partial charge in [0.15, 0.2) is 6.20 Å². The maximum absolute atomic E-state index is 4.45. The molecule has 0 fully saturated rings. The molecule has 3 rings (SSSR count). The molecule has 1 aliphatic carbocycles. The molecule has 1 heteroatoms. The Kier molecular flexibility index (Phi) is 12.7. The highest BCUT2D eigenvalue weighted by molar-refractivity contribution is 5.76. The molecule has 1 aromatic carbocycles. The van der Waals surface area contributed by atoms with Crippen LogP contribution in [0.25, 0.3) is 22.9 Å². The first-order valence-corrected chi connectivity index (χ1v) is 16.9. The van der Waals surface area contributed by atoms with E-state index < -0.39 is 0 Å². The molecular weight excluding hydrogens is 555 g/mol. The van der Waals surface area contributed by atoms with Crippen LogP contribution in [0.2, 0.25) is 0 Å². The Morgan fingerprint density at radius 1 is 0.913 bits per heavy atom. The predicted molar refractivity (Wildman–Crippen MR) is 204 cm³/mol. The van der Waals surface area contributed by atoms with Crippen LogP contribution in [0.3, 0.4) is 0 Å². The monoisotopic (exact) mass is 612 g/mol. The first-order valence-electron chi connectivity index (χ1n) is 16.9. The zero-order valence-corrected chi connectivity index (χ0v) is 30.6. The fraction of sp³-hybridized carbons (Fsp3) is 0.356. The van der Waals surface area contributed by atoms with Crippen molar-refractivity contribution in [3.05, 3.63) is 148 Å². The predicted octanol–water partition coefficient (Wildman–Crippen LogP) is 12.2. The summed E-state index contributed by atoms with van der Waals surface area (Å²) in [6, 6.07) is 9.15. The molecule has 0 saturated carbocycles. The normalized spacial score (nSPS) is 15.7. The highest BCUT2D eigenvalue weighted by Gasteiger charge is 2.22. The van der Waals surface area contributed by atoms with E-state index in [0.717, 1.165) is 24.0 Å². The average molecular weight is 613 g/mol. The van der Waals surface area contributed by atoms with Crippen molar-refractivity contribution in [3.63, 3.8) is 0 Å². The Bertz CT molecular complexity index is 1660. The minimum Gasteiger partial charge on any atom is -0.201 e. The smallest absolute Gasteiger partial charge is 0.201 e. The van der Waals surface area contributed by atoms with Crippen molar-refractivity contribution in [2.24, 2.45) is 24.3 Å². The van der Waals surface area contributed by atoms with Gasteiger partial charge in [0.25, 0.3) is 0 Å². The summed E-state index contributed by atoms with van der Waals surface area (Å²) < 4.78 is 2.29. The summed E-state index contributed by atoms with van der Waals surface area (Å²) in [7, 11) is 2.17. The number of hydrogen-bond acceptors (Lipinski definition) is 0. The van der Waals surface area contributed by atoms with Gasteiger partial charge in [0.1, 0.15) is 7.05 Å². The lowest BCUT2D eigenvalue weighted by Crippen LogP contribution is -2.32. The van der Waals surface area contributed by atoms with Gasteiger partial charge >= 0.3 is 0 Å². The second-order valence-corrected chi connectivity index (χ2v) is 14.1. The minimum absolute atomic E-state index is 0.0884. The maximum atomic E-state index is 4.45. The van der Waals surface area contributed by atoms with E-state index in [0.29, 0.717) is 5.92 Å². The topological polar surface area (TPSA) is 3.88 Å². The zero-order chi connectivity index (χ0) is 34.2. The van der Waals surface area contributed by atoms with Gasteiger partial charge in [0, 0.05) is 17.2 Å². The number of allylic oxidation sites excluding steroid dienone is 15. The van der Waals surface area contributed by atoms with Crippen molar-refractivity contribution in [1.82, 2.24) is 0 Å². The number of rotatable bonds is 11. The second-order valence-electron chi connectivity index (χ2n) is 14.1. The van der Waals surface area contributed by atoms with Crippen molar-refractivity contribution < 1.29 is 4.57 Å². The van der Waals surface area contributed by atoms with E-state index in [1.807, 2.05) is 0 Å². The van der Waals surface area contributed by atoms with Crippen molar-refractivity contribution in [3.8, 4) is 11.3 Å². The average Bonchev–Trinajstić information content (AvgIpc) is 3.00. The van der Waals surface area contributed by atoms with E-state index >= 15 is 0 Å². The fourth-order valence-corrected chi connectivity index (χ4v) is 6.04. The van der Waals surface area contributed by atoms with E-state index in [-0.39, 0.29) is 11.3 Å². The SMILES string of the molecule is C=C(C=CC(=CC)C(C)C)C(=C)C=C(C=C(C)c1ccc(C)c(-c2c3c(cc[n+]2C)C=CCC3)c1)C(C)C=CC(=CC)C(C)(C)C. The molecule has 242 valence electrons. The van der Waals surface area contributed by atoms with Crippen molar-refractivity contribution in [2.75, 3.05) is 0 Å². The first kappa shape index (κ1) is 36.5. The molecule has 1 aromatic heterocycles. The van der Waals surface area contributed by atoms with Crippen LogP contribution in [0.1, 0.15) is 91.0 Å². The Hall–Kier alpha value is -3.97. The number of benzene rings is 1. The Labute approximate surface area is 281 Å². The lowest BCUT2D eigenvalue weighted by molar-refractivity contribution is -0.660. The van der Waals surface area contributed by atoms with Gasteiger partial charge in [0.05, 0.1) is 0 Å². The van der Waals surface area contributed by atoms with Gasteiger partial charge in [0.2, 0.25) is 5.69 Å². The van der Waals surface area contributed by atoms with Crippen LogP contribution in [-0.4, -0.2) is 0 Å². The zero-order valence-electron chi connectivity index (χ0n) is 30.6. The molecule has 0 saturated heterocycles. The van der Waals surface area contributed by atoms with E-state index in [9.17, 15) is 0 Å². The van der Waals surface area contributed by atoms with Gasteiger partial charge < -0.3 is 0 Å². The molecule has 1 unspecified atom stereocenters. The largest absolute Gasteiger partial charge is 0.216 e. The van der Waals surface area contributed by atoms with E-state index in [4.69, 9.17) is 0 Å². The summed E-state index contributed by atoms with van der Waals surface area (Å²) in [5.41, 5.74) is 14.9. The number of aromatic nitrogens is 1. The van der Waals surface area contributed by atoms with E-state index in [2.05, 4.69) is 185 Å². The second kappa shape index (κ2) is 16.0. The lowest BCUT2D eigenvalue weighted by Gasteiger charge is -2.21. The number of hydrogen-bond donors (Lipinski definition) is 0. The summed E-state index contributed by atoms with van der Waals surface area (Å²) in [5, 5.41) is 0. The number of fused-ring (bicyclic) bond motifs is 1. The van der Waals surface area contributed by atoms with Gasteiger partial charge in [-0.3, -0.25) is 0 Å². The van der Waals surface area contributed by atoms with Crippen molar-refractivity contribution >= 4 is 11.6 Å². The fourth-order valence-electron chi connectivity index (χ4n) is 6.04. The standard InChI is InChI=1S/C45H58N/c1-14-37(31(3)4)23-20-32(5)35(8)28-40(33(6)22-25-41(15-2)45(10,11)12)29-36(9)39-24-21-34(7)43(30-39)44-42-19-17-16-18-38(42)26-27-46(44)13/h14-16,18,20-31,33H,5,8,17,19H2,1-4,6-7,9-13H3/q+1. The Morgan fingerprint density at radius 3 is 2.26 bits per heavy atom. The van der Waals surface area contributed by atoms with Crippen LogP contribution >= 0.6 is 0 Å². The van der Waals surface area contributed by atoms with Gasteiger partial charge in [-0.25, -0.2) is 4.57 Å². The number of nitrogens with zero attached hydrogens (tertiary/aromatic N) is 1. The quantitative estimate of drug-likeness (QED) is 0.176. The number of pyridine rings is 1. The maximum Gasteiger partial charge on any atom is 0.216 e. The summed E-state index contributed by atoms with van der Waals surface area (Å²) in [4.78, 5) is 0. The molecule has 2 aromatic rings. The highest BCUT2D eigenvalue weighted by Crippen LogP contribution is 2.33. The van der Waals surface area contributed by atoms with Gasteiger partial charge in [-0.15, -0.1) is 0 Å². The molecule has 0 bridgehead atoms. The molecule has 0 radical (unpaired) electrons. The molecule has 1 nitrogen and oxygen atoms in total. The van der Waals surface area contributed by atoms with Crippen LogP contribution in [-0.2, 0) is 13.5 Å². The molecule has 0 amide bonds. The highest BCUT2D eigenvalue weighted by atomic mass is 14.9. The van der Waals surface area contributed by atoms with Crippen molar-refractivity contribution in [2.45, 2.75) is 82.1 Å². The first-order chi connectivity index (χ1) is 21.7. The van der Waals surface area contributed by atoms with Crippen LogP contribution in [0, 0.1) is 24.2 Å². The molecule has 1 aliphatic rings. The summed E-state index contributed by atoms with van der Waals surface area (Å²) >= 11 is 0. The Balaban J connectivity index is 2.10. The third-order valence-electron chi connectivity index (χ3n) is 9.15. The Morgan fingerprint density at radius 2 is 1.63 bits per heavy atom. The molecule has 46 heavy (non-hydrogen) atoms. The molecule has 0 aliphatic heterocycles. The molecule has 0 N–H and O–H groups in total. The number of aryl methyl sites for hydroxylation is 2. The van der Waals surface area contributed by atoms with Crippen LogP contribution in [0.4, 0.5) is 0 Å². The molecule has 1 atom stereocenters. The summed E-state index contributed by atoms with van der Waals surface area (Å²) in [6.45, 7) is 31.0. The molecule has 1 heterocycles. The third kappa shape index (κ3) is 9.29.